The Morgan fingerprint density at radius 2 is 1.65 bits per heavy atom. The number of amides is 1. The van der Waals surface area contributed by atoms with Gasteiger partial charge >= 0.3 is 0 Å². The van der Waals surface area contributed by atoms with Gasteiger partial charge in [-0.25, -0.2) is 0 Å². The number of carbonyl (C=O) groups is 1. The number of carbonyl (C=O) groups excluding carboxylic acids is 1. The van der Waals surface area contributed by atoms with Gasteiger partial charge in [-0.05, 0) is 67.7 Å². The van der Waals surface area contributed by atoms with E-state index in [1.807, 2.05) is 0 Å². The first-order chi connectivity index (χ1) is 12.8. The molecule has 138 valence electrons. The van der Waals surface area contributed by atoms with Crippen molar-refractivity contribution in [2.24, 2.45) is 23.7 Å². The molecule has 1 saturated carbocycles. The van der Waals surface area contributed by atoms with Gasteiger partial charge in [-0.2, -0.15) is 0 Å². The smallest absolute Gasteiger partial charge is 0.226 e. The van der Waals surface area contributed by atoms with Gasteiger partial charge in [0.15, 0.2) is 0 Å². The number of hydrogen-bond donors (Lipinski definition) is 1. The topological polar surface area (TPSA) is 35.6 Å². The van der Waals surface area contributed by atoms with Crippen LogP contribution in [0.2, 0.25) is 0 Å². The van der Waals surface area contributed by atoms with E-state index in [1.165, 1.54) is 32.2 Å². The zero-order valence-corrected chi connectivity index (χ0v) is 15.4. The van der Waals surface area contributed by atoms with Crippen LogP contribution in [0.25, 0.3) is 0 Å². The molecule has 6 aliphatic rings. The molecule has 4 aliphatic heterocycles. The van der Waals surface area contributed by atoms with Crippen molar-refractivity contribution in [3.8, 4) is 0 Å². The number of nitrogens with zero attached hydrogens (tertiary/aromatic N) is 2. The molecule has 4 nitrogen and oxygen atoms in total. The summed E-state index contributed by atoms with van der Waals surface area (Å²) in [4.78, 5) is 18.3. The van der Waals surface area contributed by atoms with E-state index in [9.17, 15) is 4.79 Å². The molecule has 0 aromatic heterocycles. The molecule has 2 aliphatic carbocycles. The van der Waals surface area contributed by atoms with Gasteiger partial charge in [0, 0.05) is 37.6 Å². The Hall–Kier alpha value is -1.39. The Bertz CT molecular complexity index is 699. The van der Waals surface area contributed by atoms with Crippen LogP contribution in [0, 0.1) is 23.7 Å². The van der Waals surface area contributed by atoms with E-state index in [4.69, 9.17) is 0 Å². The number of piperidine rings is 2. The molecule has 0 spiro atoms. The maximum Gasteiger partial charge on any atom is 0.226 e. The van der Waals surface area contributed by atoms with Gasteiger partial charge in [-0.15, -0.1) is 0 Å². The third kappa shape index (κ3) is 2.38. The minimum atomic E-state index is 0.347. The van der Waals surface area contributed by atoms with Crippen LogP contribution in [-0.4, -0.2) is 60.5 Å². The fraction of sp³-hybridized carbons (Fsp3) is 0.682. The molecule has 1 aromatic carbocycles. The lowest BCUT2D eigenvalue weighted by atomic mass is 9.94. The first-order valence-corrected chi connectivity index (χ1v) is 10.6. The second-order valence-corrected chi connectivity index (χ2v) is 9.38. The molecule has 4 saturated heterocycles. The highest BCUT2D eigenvalue weighted by molar-refractivity contribution is 5.83. The number of benzene rings is 1. The second-order valence-electron chi connectivity index (χ2n) is 9.38. The summed E-state index contributed by atoms with van der Waals surface area (Å²) in [6.45, 7) is 5.44. The zero-order valence-electron chi connectivity index (χ0n) is 15.4. The fourth-order valence-corrected chi connectivity index (χ4v) is 6.46. The molecule has 0 radical (unpaired) electrons. The lowest BCUT2D eigenvalue weighted by molar-refractivity contribution is -0.137. The molecule has 1 amide bonds. The quantitative estimate of drug-likeness (QED) is 0.878. The molecule has 1 unspecified atom stereocenters. The Labute approximate surface area is 155 Å². The highest BCUT2D eigenvalue weighted by atomic mass is 16.2. The normalized spacial score (nSPS) is 38.9. The molecule has 1 N–H and O–H groups in total. The van der Waals surface area contributed by atoms with Crippen LogP contribution in [0.4, 0.5) is 0 Å². The van der Waals surface area contributed by atoms with Gasteiger partial charge in [0.1, 0.15) is 0 Å². The summed E-state index contributed by atoms with van der Waals surface area (Å²) < 4.78 is 0. The van der Waals surface area contributed by atoms with Gasteiger partial charge in [0.05, 0.1) is 0 Å². The average Bonchev–Trinajstić information content (AvgIpc) is 3.02. The molecule has 4 heteroatoms. The van der Waals surface area contributed by atoms with Crippen molar-refractivity contribution >= 4 is 5.91 Å². The highest BCUT2D eigenvalue weighted by Gasteiger charge is 2.59. The Morgan fingerprint density at radius 1 is 0.923 bits per heavy atom. The Morgan fingerprint density at radius 3 is 2.38 bits per heavy atom. The van der Waals surface area contributed by atoms with E-state index >= 15 is 0 Å². The minimum Gasteiger partial charge on any atom is -0.338 e. The molecule has 4 heterocycles. The predicted molar refractivity (Wildman–Crippen MR) is 101 cm³/mol. The standard InChI is InChI=1S/C22H29N3O/c26-22(21-19-9-23-10-20(19)21)25-12-14-5-6-17(25)13-24(11-14)18-7-15-3-1-2-4-16(15)8-18/h1-4,14,17-21,23H,5-13H2/t14-,17+,19-,20+,21?/m0/s1. The molecule has 7 rings (SSSR count). The Balaban J connectivity index is 1.18. The summed E-state index contributed by atoms with van der Waals surface area (Å²) in [7, 11) is 0. The summed E-state index contributed by atoms with van der Waals surface area (Å²) in [5.41, 5.74) is 3.08. The van der Waals surface area contributed by atoms with Gasteiger partial charge in [0.2, 0.25) is 5.91 Å². The number of fused-ring (bicyclic) bond motifs is 6. The number of nitrogens with one attached hydrogen (secondary N) is 1. The SMILES string of the molecule is O=C(C1[C@H]2CNC[C@@H]12)N1C[C@H]2CC[C@@H]1CN(C1Cc3ccccc3C1)C2. The molecule has 26 heavy (non-hydrogen) atoms. The molecule has 2 bridgehead atoms. The zero-order chi connectivity index (χ0) is 17.3. The minimum absolute atomic E-state index is 0.347. The van der Waals surface area contributed by atoms with Crippen molar-refractivity contribution in [3.63, 3.8) is 0 Å². The van der Waals surface area contributed by atoms with Crippen molar-refractivity contribution in [3.05, 3.63) is 35.4 Å². The van der Waals surface area contributed by atoms with Crippen molar-refractivity contribution in [2.75, 3.05) is 32.7 Å². The second kappa shape index (κ2) is 5.80. The van der Waals surface area contributed by atoms with Crippen LogP contribution in [-0.2, 0) is 17.6 Å². The van der Waals surface area contributed by atoms with Crippen LogP contribution >= 0.6 is 0 Å². The largest absolute Gasteiger partial charge is 0.338 e. The van der Waals surface area contributed by atoms with Crippen molar-refractivity contribution in [1.82, 2.24) is 15.1 Å². The summed E-state index contributed by atoms with van der Waals surface area (Å²) >= 11 is 0. The maximum atomic E-state index is 13.2. The molecular formula is C22H29N3O. The van der Waals surface area contributed by atoms with Crippen molar-refractivity contribution < 1.29 is 4.79 Å². The lowest BCUT2D eigenvalue weighted by Gasteiger charge is -2.37. The van der Waals surface area contributed by atoms with E-state index in [1.54, 1.807) is 11.1 Å². The fourth-order valence-electron chi connectivity index (χ4n) is 6.46. The van der Waals surface area contributed by atoms with Crippen molar-refractivity contribution in [2.45, 2.75) is 37.8 Å². The maximum absolute atomic E-state index is 13.2. The number of hydrogen-bond acceptors (Lipinski definition) is 3. The molecule has 5 fully saturated rings. The summed E-state index contributed by atoms with van der Waals surface area (Å²) in [5, 5.41) is 3.43. The van der Waals surface area contributed by atoms with Gasteiger partial charge in [0.25, 0.3) is 0 Å². The van der Waals surface area contributed by atoms with Crippen LogP contribution in [0.1, 0.15) is 24.0 Å². The third-order valence-corrected chi connectivity index (χ3v) is 7.95. The monoisotopic (exact) mass is 351 g/mol. The lowest BCUT2D eigenvalue weighted by Crippen LogP contribution is -2.49. The first kappa shape index (κ1) is 15.6. The van der Waals surface area contributed by atoms with Gasteiger partial charge in [-0.1, -0.05) is 24.3 Å². The summed E-state index contributed by atoms with van der Waals surface area (Å²) in [5.74, 6) is 2.81. The van der Waals surface area contributed by atoms with Gasteiger partial charge < -0.3 is 10.2 Å². The van der Waals surface area contributed by atoms with E-state index < -0.39 is 0 Å². The van der Waals surface area contributed by atoms with E-state index in [-0.39, 0.29) is 0 Å². The van der Waals surface area contributed by atoms with Crippen LogP contribution in [0.3, 0.4) is 0 Å². The van der Waals surface area contributed by atoms with Crippen molar-refractivity contribution in [1.29, 1.82) is 0 Å². The predicted octanol–water partition coefficient (Wildman–Crippen LogP) is 1.54. The van der Waals surface area contributed by atoms with Crippen LogP contribution in [0.15, 0.2) is 24.3 Å². The highest BCUT2D eigenvalue weighted by Crippen LogP contribution is 2.50. The van der Waals surface area contributed by atoms with E-state index in [0.717, 1.165) is 26.2 Å². The van der Waals surface area contributed by atoms with E-state index in [0.29, 0.717) is 41.7 Å². The summed E-state index contributed by atoms with van der Waals surface area (Å²) in [6, 6.07) is 10.1. The number of rotatable bonds is 2. The van der Waals surface area contributed by atoms with Crippen LogP contribution < -0.4 is 5.32 Å². The molecule has 1 aromatic rings. The third-order valence-electron chi connectivity index (χ3n) is 7.95. The molecular weight excluding hydrogens is 322 g/mol. The summed E-state index contributed by atoms with van der Waals surface area (Å²) in [6.07, 6.45) is 4.92. The van der Waals surface area contributed by atoms with Crippen LogP contribution in [0.5, 0.6) is 0 Å². The molecule has 5 atom stereocenters. The first-order valence-electron chi connectivity index (χ1n) is 10.6. The Kier molecular flexibility index (Phi) is 3.49. The van der Waals surface area contributed by atoms with E-state index in [2.05, 4.69) is 39.4 Å². The van der Waals surface area contributed by atoms with Gasteiger partial charge in [-0.3, -0.25) is 9.69 Å². The average molecular weight is 351 g/mol.